The van der Waals surface area contributed by atoms with Crippen LogP contribution in [0.5, 0.6) is 0 Å². The monoisotopic (exact) mass is 355 g/mol. The summed E-state index contributed by atoms with van der Waals surface area (Å²) in [5, 5.41) is 3.55. The highest BCUT2D eigenvalue weighted by atomic mass is 127. The Balaban J connectivity index is 2.46. The molecule has 0 bridgehead atoms. The molecule has 2 rings (SSSR count). The summed E-state index contributed by atoms with van der Waals surface area (Å²) in [6.07, 6.45) is 0. The van der Waals surface area contributed by atoms with Crippen LogP contribution in [-0.2, 0) is 0 Å². The Hall–Kier alpha value is -0.810. The van der Waals surface area contributed by atoms with Crippen molar-refractivity contribution in [1.29, 1.82) is 0 Å². The van der Waals surface area contributed by atoms with Crippen LogP contribution in [0, 0.1) is 17.4 Å². The van der Waals surface area contributed by atoms with Gasteiger partial charge in [0.2, 0.25) is 0 Å². The predicted molar refractivity (Wildman–Crippen MR) is 82.9 cm³/mol. The van der Waals surface area contributed by atoms with E-state index in [1.807, 2.05) is 13.8 Å². The lowest BCUT2D eigenvalue weighted by Crippen LogP contribution is -2.23. The summed E-state index contributed by atoms with van der Waals surface area (Å²) >= 11 is 2.39. The van der Waals surface area contributed by atoms with Gasteiger partial charge in [0.25, 0.3) is 0 Å². The van der Waals surface area contributed by atoms with E-state index in [0.717, 1.165) is 18.1 Å². The van der Waals surface area contributed by atoms with Crippen LogP contribution in [0.1, 0.15) is 35.6 Å². The zero-order valence-electron chi connectivity index (χ0n) is 11.0. The first kappa shape index (κ1) is 13.6. The molecule has 0 fully saturated rings. The molecule has 0 saturated carbocycles. The Morgan fingerprint density at radius 3 is 2.50 bits per heavy atom. The molecule has 0 aliphatic heterocycles. The lowest BCUT2D eigenvalue weighted by Gasteiger charge is -2.19. The van der Waals surface area contributed by atoms with E-state index in [0.29, 0.717) is 0 Å². The lowest BCUT2D eigenvalue weighted by atomic mass is 9.99. The Labute approximate surface area is 122 Å². The van der Waals surface area contributed by atoms with Crippen molar-refractivity contribution in [1.82, 2.24) is 5.32 Å². The molecule has 0 amide bonds. The molecule has 1 N–H and O–H groups in total. The Morgan fingerprint density at radius 1 is 1.22 bits per heavy atom. The zero-order valence-corrected chi connectivity index (χ0v) is 13.1. The van der Waals surface area contributed by atoms with Crippen LogP contribution < -0.4 is 5.32 Å². The quantitative estimate of drug-likeness (QED) is 0.832. The standard InChI is InChI=1S/C15H18INO/c1-4-17-15(12-7-5-6-8-14(12)16)13-9-10(2)18-11(13)3/h5-9,15,17H,4H2,1-3H3. The van der Waals surface area contributed by atoms with Gasteiger partial charge in [-0.2, -0.15) is 0 Å². The van der Waals surface area contributed by atoms with Crippen LogP contribution >= 0.6 is 22.6 Å². The molecule has 1 atom stereocenters. The molecule has 0 spiro atoms. The number of hydrogen-bond acceptors (Lipinski definition) is 2. The minimum Gasteiger partial charge on any atom is -0.466 e. The summed E-state index contributed by atoms with van der Waals surface area (Å²) < 4.78 is 6.94. The summed E-state index contributed by atoms with van der Waals surface area (Å²) in [5.41, 5.74) is 2.54. The van der Waals surface area contributed by atoms with Gasteiger partial charge in [-0.3, -0.25) is 0 Å². The van der Waals surface area contributed by atoms with Gasteiger partial charge >= 0.3 is 0 Å². The maximum Gasteiger partial charge on any atom is 0.106 e. The maximum atomic E-state index is 5.66. The summed E-state index contributed by atoms with van der Waals surface area (Å²) in [5.74, 6) is 1.97. The summed E-state index contributed by atoms with van der Waals surface area (Å²) in [6, 6.07) is 10.8. The van der Waals surface area contributed by atoms with Gasteiger partial charge in [0.05, 0.1) is 6.04 Å². The molecule has 1 unspecified atom stereocenters. The van der Waals surface area contributed by atoms with Crippen molar-refractivity contribution in [2.75, 3.05) is 6.54 Å². The van der Waals surface area contributed by atoms with Crippen molar-refractivity contribution in [3.05, 3.63) is 56.5 Å². The topological polar surface area (TPSA) is 25.2 Å². The largest absolute Gasteiger partial charge is 0.466 e. The van der Waals surface area contributed by atoms with Crippen molar-refractivity contribution in [3.8, 4) is 0 Å². The molecule has 2 aromatic rings. The van der Waals surface area contributed by atoms with Crippen molar-refractivity contribution in [3.63, 3.8) is 0 Å². The fraction of sp³-hybridized carbons (Fsp3) is 0.333. The normalized spacial score (nSPS) is 12.7. The molecule has 1 aromatic heterocycles. The van der Waals surface area contributed by atoms with Gasteiger partial charge in [0.15, 0.2) is 0 Å². The van der Waals surface area contributed by atoms with E-state index in [1.54, 1.807) is 0 Å². The van der Waals surface area contributed by atoms with E-state index < -0.39 is 0 Å². The Kier molecular flexibility index (Phi) is 4.45. The number of halogens is 1. The lowest BCUT2D eigenvalue weighted by molar-refractivity contribution is 0.495. The van der Waals surface area contributed by atoms with E-state index in [2.05, 4.69) is 65.2 Å². The van der Waals surface area contributed by atoms with Crippen molar-refractivity contribution in [2.24, 2.45) is 0 Å². The van der Waals surface area contributed by atoms with E-state index in [-0.39, 0.29) is 6.04 Å². The molecular weight excluding hydrogens is 337 g/mol. The minimum absolute atomic E-state index is 0.209. The van der Waals surface area contributed by atoms with E-state index >= 15 is 0 Å². The van der Waals surface area contributed by atoms with E-state index in [9.17, 15) is 0 Å². The first-order valence-electron chi connectivity index (χ1n) is 6.18. The second-order valence-corrected chi connectivity index (χ2v) is 5.54. The Bertz CT molecular complexity index is 533. The molecule has 18 heavy (non-hydrogen) atoms. The molecule has 0 radical (unpaired) electrons. The second kappa shape index (κ2) is 5.89. The highest BCUT2D eigenvalue weighted by Crippen LogP contribution is 2.30. The number of hydrogen-bond donors (Lipinski definition) is 1. The summed E-state index contributed by atoms with van der Waals surface area (Å²) in [7, 11) is 0. The molecule has 2 nitrogen and oxygen atoms in total. The van der Waals surface area contributed by atoms with Gasteiger partial charge in [-0.1, -0.05) is 25.1 Å². The second-order valence-electron chi connectivity index (χ2n) is 4.38. The van der Waals surface area contributed by atoms with Gasteiger partial charge in [-0.05, 0) is 60.7 Å². The predicted octanol–water partition coefficient (Wildman–Crippen LogP) is 4.20. The summed E-state index contributed by atoms with van der Waals surface area (Å²) in [4.78, 5) is 0. The fourth-order valence-electron chi connectivity index (χ4n) is 2.24. The summed E-state index contributed by atoms with van der Waals surface area (Å²) in [6.45, 7) is 7.09. The first-order valence-corrected chi connectivity index (χ1v) is 7.26. The maximum absolute atomic E-state index is 5.66. The van der Waals surface area contributed by atoms with Gasteiger partial charge < -0.3 is 9.73 Å². The Morgan fingerprint density at radius 2 is 1.94 bits per heavy atom. The molecule has 1 heterocycles. The van der Waals surface area contributed by atoms with Gasteiger partial charge in [0, 0.05) is 9.13 Å². The number of benzene rings is 1. The third-order valence-corrected chi connectivity index (χ3v) is 4.00. The molecule has 0 saturated heterocycles. The van der Waals surface area contributed by atoms with Gasteiger partial charge in [0.1, 0.15) is 11.5 Å². The van der Waals surface area contributed by atoms with Crippen LogP contribution in [0.2, 0.25) is 0 Å². The SMILES string of the molecule is CCNC(c1ccccc1I)c1cc(C)oc1C. The average Bonchev–Trinajstić information content (AvgIpc) is 2.66. The van der Waals surface area contributed by atoms with Gasteiger partial charge in [-0.25, -0.2) is 0 Å². The number of aryl methyl sites for hydroxylation is 2. The zero-order chi connectivity index (χ0) is 13.1. The minimum atomic E-state index is 0.209. The molecule has 96 valence electrons. The fourth-order valence-corrected chi connectivity index (χ4v) is 2.94. The molecule has 0 aliphatic rings. The molecular formula is C15H18INO. The third-order valence-electron chi connectivity index (χ3n) is 3.01. The van der Waals surface area contributed by atoms with Gasteiger partial charge in [-0.15, -0.1) is 0 Å². The van der Waals surface area contributed by atoms with Crippen LogP contribution in [0.4, 0.5) is 0 Å². The van der Waals surface area contributed by atoms with Crippen LogP contribution in [0.25, 0.3) is 0 Å². The van der Waals surface area contributed by atoms with Crippen molar-refractivity contribution < 1.29 is 4.42 Å². The highest BCUT2D eigenvalue weighted by Gasteiger charge is 2.19. The molecule has 0 aliphatic carbocycles. The molecule has 1 aromatic carbocycles. The highest BCUT2D eigenvalue weighted by molar-refractivity contribution is 14.1. The van der Waals surface area contributed by atoms with Crippen LogP contribution in [0.3, 0.4) is 0 Å². The van der Waals surface area contributed by atoms with E-state index in [1.165, 1.54) is 14.7 Å². The number of nitrogens with one attached hydrogen (secondary N) is 1. The van der Waals surface area contributed by atoms with Crippen LogP contribution in [-0.4, -0.2) is 6.54 Å². The number of rotatable bonds is 4. The van der Waals surface area contributed by atoms with Crippen molar-refractivity contribution in [2.45, 2.75) is 26.8 Å². The smallest absolute Gasteiger partial charge is 0.106 e. The number of furan rings is 1. The first-order chi connectivity index (χ1) is 8.63. The average molecular weight is 355 g/mol. The third kappa shape index (κ3) is 2.78. The van der Waals surface area contributed by atoms with Crippen molar-refractivity contribution >= 4 is 22.6 Å². The molecule has 3 heteroatoms. The van der Waals surface area contributed by atoms with Crippen LogP contribution in [0.15, 0.2) is 34.7 Å². The van der Waals surface area contributed by atoms with E-state index in [4.69, 9.17) is 4.42 Å².